The molecule has 0 aliphatic rings. The zero-order valence-electron chi connectivity index (χ0n) is 12.0. The first-order chi connectivity index (χ1) is 10.6. The van der Waals surface area contributed by atoms with Crippen molar-refractivity contribution in [2.45, 2.75) is 6.54 Å². The van der Waals surface area contributed by atoms with Gasteiger partial charge in [0.15, 0.2) is 0 Å². The molecular formula is C16H16Cl2N2O2. The minimum absolute atomic E-state index is 0.112. The van der Waals surface area contributed by atoms with Crippen molar-refractivity contribution in [3.05, 3.63) is 58.1 Å². The zero-order chi connectivity index (χ0) is 15.9. The van der Waals surface area contributed by atoms with Crippen LogP contribution in [0.25, 0.3) is 0 Å². The minimum Gasteiger partial charge on any atom is -0.495 e. The van der Waals surface area contributed by atoms with Gasteiger partial charge in [-0.25, -0.2) is 0 Å². The number of carbonyl (C=O) groups excluding carboxylic acids is 1. The van der Waals surface area contributed by atoms with Gasteiger partial charge in [-0.1, -0.05) is 41.4 Å². The van der Waals surface area contributed by atoms with Crippen LogP contribution in [-0.4, -0.2) is 19.6 Å². The highest BCUT2D eigenvalue weighted by Crippen LogP contribution is 2.27. The van der Waals surface area contributed by atoms with Gasteiger partial charge in [0, 0.05) is 16.6 Å². The summed E-state index contributed by atoms with van der Waals surface area (Å²) in [6.45, 7) is 0.494. The molecule has 2 aromatic carbocycles. The fourth-order valence-corrected chi connectivity index (χ4v) is 2.27. The SMILES string of the molecule is COc1ccc(Cl)cc1NCC(=O)NCc1ccccc1Cl. The van der Waals surface area contributed by atoms with E-state index in [-0.39, 0.29) is 12.5 Å². The molecule has 0 unspecified atom stereocenters. The van der Waals surface area contributed by atoms with Crippen molar-refractivity contribution in [2.75, 3.05) is 19.0 Å². The van der Waals surface area contributed by atoms with E-state index >= 15 is 0 Å². The Labute approximate surface area is 139 Å². The Morgan fingerprint density at radius 1 is 1.18 bits per heavy atom. The highest BCUT2D eigenvalue weighted by Gasteiger charge is 2.07. The molecule has 0 aliphatic heterocycles. The maximum Gasteiger partial charge on any atom is 0.239 e. The molecule has 4 nitrogen and oxygen atoms in total. The Morgan fingerprint density at radius 2 is 1.95 bits per heavy atom. The summed E-state index contributed by atoms with van der Waals surface area (Å²) in [5.74, 6) is 0.477. The van der Waals surface area contributed by atoms with Gasteiger partial charge in [-0.05, 0) is 29.8 Å². The summed E-state index contributed by atoms with van der Waals surface area (Å²) < 4.78 is 5.21. The third-order valence-electron chi connectivity index (χ3n) is 3.03. The number of anilines is 1. The lowest BCUT2D eigenvalue weighted by molar-refractivity contribution is -0.119. The largest absolute Gasteiger partial charge is 0.495 e. The molecule has 0 saturated heterocycles. The van der Waals surface area contributed by atoms with Gasteiger partial charge in [-0.15, -0.1) is 0 Å². The molecule has 0 atom stereocenters. The molecule has 0 heterocycles. The Balaban J connectivity index is 1.88. The van der Waals surface area contributed by atoms with E-state index in [4.69, 9.17) is 27.9 Å². The van der Waals surface area contributed by atoms with Crippen LogP contribution in [0.3, 0.4) is 0 Å². The van der Waals surface area contributed by atoms with E-state index in [0.717, 1.165) is 5.56 Å². The Kier molecular flexibility index (Phi) is 5.92. The first-order valence-electron chi connectivity index (χ1n) is 6.67. The van der Waals surface area contributed by atoms with Crippen LogP contribution >= 0.6 is 23.2 Å². The molecule has 0 bridgehead atoms. The number of hydrogen-bond donors (Lipinski definition) is 2. The van der Waals surface area contributed by atoms with Gasteiger partial charge >= 0.3 is 0 Å². The van der Waals surface area contributed by atoms with Crippen molar-refractivity contribution < 1.29 is 9.53 Å². The second-order valence-corrected chi connectivity index (χ2v) is 5.41. The van der Waals surface area contributed by atoms with E-state index in [2.05, 4.69) is 10.6 Å². The number of rotatable bonds is 6. The Hall–Kier alpha value is -1.91. The van der Waals surface area contributed by atoms with Gasteiger partial charge in [0.25, 0.3) is 0 Å². The molecule has 0 aromatic heterocycles. The highest BCUT2D eigenvalue weighted by atomic mass is 35.5. The second kappa shape index (κ2) is 7.92. The minimum atomic E-state index is -0.151. The predicted molar refractivity (Wildman–Crippen MR) is 89.8 cm³/mol. The number of carbonyl (C=O) groups is 1. The van der Waals surface area contributed by atoms with Crippen LogP contribution in [0.4, 0.5) is 5.69 Å². The maximum absolute atomic E-state index is 11.9. The number of amides is 1. The van der Waals surface area contributed by atoms with Crippen molar-refractivity contribution >= 4 is 34.8 Å². The van der Waals surface area contributed by atoms with E-state index in [1.165, 1.54) is 0 Å². The molecular weight excluding hydrogens is 323 g/mol. The average Bonchev–Trinajstić information content (AvgIpc) is 2.52. The van der Waals surface area contributed by atoms with E-state index in [1.807, 2.05) is 18.2 Å². The molecule has 2 N–H and O–H groups in total. The topological polar surface area (TPSA) is 50.4 Å². The average molecular weight is 339 g/mol. The molecule has 116 valence electrons. The molecule has 6 heteroatoms. The first-order valence-corrected chi connectivity index (χ1v) is 7.43. The van der Waals surface area contributed by atoms with Gasteiger partial charge < -0.3 is 15.4 Å². The number of hydrogen-bond acceptors (Lipinski definition) is 3. The summed E-state index contributed by atoms with van der Waals surface area (Å²) in [5, 5.41) is 7.00. The van der Waals surface area contributed by atoms with E-state index in [0.29, 0.717) is 28.0 Å². The lowest BCUT2D eigenvalue weighted by Crippen LogP contribution is -2.29. The Bertz CT molecular complexity index is 662. The van der Waals surface area contributed by atoms with Gasteiger partial charge in [0.2, 0.25) is 5.91 Å². The fourth-order valence-electron chi connectivity index (χ4n) is 1.89. The molecule has 1 amide bonds. The fraction of sp³-hybridized carbons (Fsp3) is 0.188. The molecule has 22 heavy (non-hydrogen) atoms. The summed E-state index contributed by atoms with van der Waals surface area (Å²) in [6, 6.07) is 12.6. The van der Waals surface area contributed by atoms with Crippen molar-refractivity contribution in [3.8, 4) is 5.75 Å². The van der Waals surface area contributed by atoms with Crippen molar-refractivity contribution in [3.63, 3.8) is 0 Å². The lowest BCUT2D eigenvalue weighted by Gasteiger charge is -2.12. The summed E-state index contributed by atoms with van der Waals surface area (Å²) in [5.41, 5.74) is 1.54. The van der Waals surface area contributed by atoms with Crippen LogP contribution in [0, 0.1) is 0 Å². The van der Waals surface area contributed by atoms with Crippen molar-refractivity contribution in [1.29, 1.82) is 0 Å². The smallest absolute Gasteiger partial charge is 0.239 e. The standard InChI is InChI=1S/C16H16Cl2N2O2/c1-22-15-7-6-12(17)8-14(15)19-10-16(21)20-9-11-4-2-3-5-13(11)18/h2-8,19H,9-10H2,1H3,(H,20,21). The maximum atomic E-state index is 11.9. The monoisotopic (exact) mass is 338 g/mol. The van der Waals surface area contributed by atoms with Gasteiger partial charge in [-0.3, -0.25) is 4.79 Å². The highest BCUT2D eigenvalue weighted by molar-refractivity contribution is 6.31. The normalized spacial score (nSPS) is 10.1. The van der Waals surface area contributed by atoms with E-state index < -0.39 is 0 Å². The lowest BCUT2D eigenvalue weighted by atomic mass is 10.2. The van der Waals surface area contributed by atoms with Crippen LogP contribution in [-0.2, 0) is 11.3 Å². The number of nitrogens with one attached hydrogen (secondary N) is 2. The number of methoxy groups -OCH3 is 1. The Morgan fingerprint density at radius 3 is 2.68 bits per heavy atom. The van der Waals surface area contributed by atoms with E-state index in [9.17, 15) is 4.79 Å². The van der Waals surface area contributed by atoms with Crippen LogP contribution in [0.2, 0.25) is 10.0 Å². The molecule has 0 spiro atoms. The quantitative estimate of drug-likeness (QED) is 0.843. The van der Waals surface area contributed by atoms with Gasteiger partial charge in [0.05, 0.1) is 19.3 Å². The van der Waals surface area contributed by atoms with Crippen LogP contribution in [0.5, 0.6) is 5.75 Å². The number of halogens is 2. The molecule has 0 fully saturated rings. The number of ether oxygens (including phenoxy) is 1. The molecule has 2 rings (SSSR count). The summed E-state index contributed by atoms with van der Waals surface area (Å²) >= 11 is 12.0. The summed E-state index contributed by atoms with van der Waals surface area (Å²) in [7, 11) is 1.56. The summed E-state index contributed by atoms with van der Waals surface area (Å²) in [6.07, 6.45) is 0. The second-order valence-electron chi connectivity index (χ2n) is 4.57. The molecule has 0 aliphatic carbocycles. The van der Waals surface area contributed by atoms with Gasteiger partial charge in [-0.2, -0.15) is 0 Å². The first kappa shape index (κ1) is 16.5. The van der Waals surface area contributed by atoms with Gasteiger partial charge in [0.1, 0.15) is 5.75 Å². The number of benzene rings is 2. The van der Waals surface area contributed by atoms with Crippen LogP contribution < -0.4 is 15.4 Å². The summed E-state index contributed by atoms with van der Waals surface area (Å²) in [4.78, 5) is 11.9. The third kappa shape index (κ3) is 4.55. The van der Waals surface area contributed by atoms with Crippen molar-refractivity contribution in [2.24, 2.45) is 0 Å². The zero-order valence-corrected chi connectivity index (χ0v) is 13.5. The van der Waals surface area contributed by atoms with Crippen LogP contribution in [0.15, 0.2) is 42.5 Å². The van der Waals surface area contributed by atoms with Crippen molar-refractivity contribution in [1.82, 2.24) is 5.32 Å². The van der Waals surface area contributed by atoms with E-state index in [1.54, 1.807) is 31.4 Å². The van der Waals surface area contributed by atoms with Crippen LogP contribution in [0.1, 0.15) is 5.56 Å². The third-order valence-corrected chi connectivity index (χ3v) is 3.64. The molecule has 2 aromatic rings. The molecule has 0 radical (unpaired) electrons. The predicted octanol–water partition coefficient (Wildman–Crippen LogP) is 3.73. The molecule has 0 saturated carbocycles.